The van der Waals surface area contributed by atoms with Crippen LogP contribution in [0, 0.1) is 17.3 Å². The highest BCUT2D eigenvalue weighted by Crippen LogP contribution is 2.43. The van der Waals surface area contributed by atoms with Crippen LogP contribution >= 0.6 is 0 Å². The van der Waals surface area contributed by atoms with Crippen LogP contribution in [0.2, 0.25) is 0 Å². The third-order valence-electron chi connectivity index (χ3n) is 5.96. The first-order chi connectivity index (χ1) is 9.97. The van der Waals surface area contributed by atoms with Crippen LogP contribution in [0.25, 0.3) is 0 Å². The lowest BCUT2D eigenvalue weighted by molar-refractivity contribution is 0.124. The van der Waals surface area contributed by atoms with Crippen LogP contribution in [0.1, 0.15) is 59.3 Å². The number of hydrogen-bond acceptors (Lipinski definition) is 3. The first-order valence-corrected chi connectivity index (χ1v) is 10.0. The highest BCUT2D eigenvalue weighted by Gasteiger charge is 2.39. The second-order valence-corrected chi connectivity index (χ2v) is 9.27. The number of hydrogen-bond donors (Lipinski definition) is 1. The highest BCUT2D eigenvalue weighted by molar-refractivity contribution is 7.85. The normalized spacial score (nSPS) is 35.8. The van der Waals surface area contributed by atoms with Crippen molar-refractivity contribution >= 4 is 10.8 Å². The fraction of sp³-hybridized carbons (Fsp3) is 1.00. The van der Waals surface area contributed by atoms with E-state index >= 15 is 0 Å². The molecule has 2 aliphatic rings. The molecule has 1 saturated heterocycles. The van der Waals surface area contributed by atoms with Crippen LogP contribution in [0.3, 0.4) is 0 Å². The van der Waals surface area contributed by atoms with Gasteiger partial charge in [0, 0.05) is 22.7 Å². The molecule has 0 aromatic carbocycles. The number of rotatable bonds is 6. The Labute approximate surface area is 132 Å². The minimum atomic E-state index is -0.789. The molecule has 2 rings (SSSR count). The van der Waals surface area contributed by atoms with Crippen molar-refractivity contribution in [2.75, 3.05) is 18.9 Å². The number of ether oxygens (including phenoxy) is 1. The molecule has 3 nitrogen and oxygen atoms in total. The van der Waals surface area contributed by atoms with Crippen LogP contribution in [-0.4, -0.2) is 34.5 Å². The van der Waals surface area contributed by atoms with Gasteiger partial charge in [0.1, 0.15) is 0 Å². The molecule has 124 valence electrons. The Hall–Kier alpha value is 0.0700. The summed E-state index contributed by atoms with van der Waals surface area (Å²) in [5, 5.41) is 0.281. The van der Waals surface area contributed by atoms with Gasteiger partial charge >= 0.3 is 0 Å². The van der Waals surface area contributed by atoms with Crippen LogP contribution in [0.5, 0.6) is 0 Å². The van der Waals surface area contributed by atoms with Crippen molar-refractivity contribution in [1.82, 2.24) is 0 Å². The lowest BCUT2D eigenvalue weighted by Gasteiger charge is -2.42. The van der Waals surface area contributed by atoms with Crippen molar-refractivity contribution in [3.8, 4) is 0 Å². The Morgan fingerprint density at radius 1 is 1.29 bits per heavy atom. The highest BCUT2D eigenvalue weighted by atomic mass is 32.2. The van der Waals surface area contributed by atoms with Gasteiger partial charge in [-0.15, -0.1) is 0 Å². The fourth-order valence-corrected chi connectivity index (χ4v) is 5.86. The molecule has 4 heteroatoms. The molecule has 1 heterocycles. The summed E-state index contributed by atoms with van der Waals surface area (Å²) in [7, 11) is -0.789. The predicted octanol–water partition coefficient (Wildman–Crippen LogP) is 3.09. The summed E-state index contributed by atoms with van der Waals surface area (Å²) in [6, 6.07) is 0. The molecule has 0 aromatic rings. The average molecular weight is 316 g/mol. The summed E-state index contributed by atoms with van der Waals surface area (Å²) >= 11 is 0. The Morgan fingerprint density at radius 2 is 2.05 bits per heavy atom. The zero-order valence-corrected chi connectivity index (χ0v) is 14.8. The number of nitrogens with two attached hydrogens (primary N) is 1. The summed E-state index contributed by atoms with van der Waals surface area (Å²) in [6.45, 7) is 8.52. The molecule has 0 amide bonds. The second-order valence-electron chi connectivity index (χ2n) is 7.57. The molecule has 1 saturated carbocycles. The first-order valence-electron chi connectivity index (χ1n) is 8.66. The van der Waals surface area contributed by atoms with E-state index in [1.165, 1.54) is 12.8 Å². The molecule has 21 heavy (non-hydrogen) atoms. The average Bonchev–Trinajstić information content (AvgIpc) is 2.99. The van der Waals surface area contributed by atoms with E-state index in [4.69, 9.17) is 10.5 Å². The molecular formula is C17H33NO2S. The molecule has 0 aromatic heterocycles. The van der Waals surface area contributed by atoms with Gasteiger partial charge in [-0.25, -0.2) is 0 Å². The molecule has 5 unspecified atom stereocenters. The van der Waals surface area contributed by atoms with E-state index in [0.717, 1.165) is 38.0 Å². The molecule has 2 N–H and O–H groups in total. The van der Waals surface area contributed by atoms with E-state index in [1.807, 2.05) is 0 Å². The van der Waals surface area contributed by atoms with Gasteiger partial charge in [-0.2, -0.15) is 0 Å². The Morgan fingerprint density at radius 3 is 2.62 bits per heavy atom. The maximum absolute atomic E-state index is 12.9. The summed E-state index contributed by atoms with van der Waals surface area (Å²) < 4.78 is 18.5. The molecule has 1 aliphatic carbocycles. The van der Waals surface area contributed by atoms with Crippen LogP contribution in [-0.2, 0) is 15.5 Å². The SMILES string of the molecule is CCC(C)(C)C1CCC(CN)C(S(=O)CC2CCCO2)C1. The fourth-order valence-electron chi connectivity index (χ4n) is 3.86. The van der Waals surface area contributed by atoms with Gasteiger partial charge in [0.25, 0.3) is 0 Å². The van der Waals surface area contributed by atoms with Gasteiger partial charge in [0.2, 0.25) is 0 Å². The maximum atomic E-state index is 12.9. The van der Waals surface area contributed by atoms with Crippen molar-refractivity contribution in [3.05, 3.63) is 0 Å². The Balaban J connectivity index is 2.00. The summed E-state index contributed by atoms with van der Waals surface area (Å²) in [6.07, 6.45) is 7.10. The van der Waals surface area contributed by atoms with Gasteiger partial charge in [0.15, 0.2) is 0 Å². The molecule has 0 bridgehead atoms. The largest absolute Gasteiger partial charge is 0.377 e. The lowest BCUT2D eigenvalue weighted by Crippen LogP contribution is -2.42. The lowest BCUT2D eigenvalue weighted by atomic mass is 9.67. The van der Waals surface area contributed by atoms with E-state index in [9.17, 15) is 4.21 Å². The van der Waals surface area contributed by atoms with Crippen molar-refractivity contribution < 1.29 is 8.95 Å². The van der Waals surface area contributed by atoms with Gasteiger partial charge in [-0.3, -0.25) is 4.21 Å². The summed E-state index contributed by atoms with van der Waals surface area (Å²) in [5.74, 6) is 1.85. The van der Waals surface area contributed by atoms with Crippen LogP contribution in [0.15, 0.2) is 0 Å². The third-order valence-corrected chi connectivity index (χ3v) is 7.91. The van der Waals surface area contributed by atoms with E-state index in [0.29, 0.717) is 23.8 Å². The standard InChI is InChI=1S/C17H33NO2S/c1-4-17(2,3)14-8-7-13(11-18)16(10-14)21(19)12-15-6-5-9-20-15/h13-16H,4-12,18H2,1-3H3. The Bertz CT molecular complexity index is 353. The molecule has 0 radical (unpaired) electrons. The Kier molecular flexibility index (Phi) is 6.27. The van der Waals surface area contributed by atoms with Crippen molar-refractivity contribution in [2.24, 2.45) is 23.0 Å². The monoisotopic (exact) mass is 315 g/mol. The van der Waals surface area contributed by atoms with Crippen molar-refractivity contribution in [1.29, 1.82) is 0 Å². The zero-order chi connectivity index (χ0) is 15.5. The summed E-state index contributed by atoms with van der Waals surface area (Å²) in [5.41, 5.74) is 6.31. The topological polar surface area (TPSA) is 52.3 Å². The van der Waals surface area contributed by atoms with E-state index in [1.54, 1.807) is 0 Å². The van der Waals surface area contributed by atoms with Gasteiger partial charge in [0.05, 0.1) is 11.9 Å². The molecule has 5 atom stereocenters. The minimum Gasteiger partial charge on any atom is -0.377 e. The molecule has 0 spiro atoms. The van der Waals surface area contributed by atoms with Crippen molar-refractivity contribution in [2.45, 2.75) is 70.7 Å². The smallest absolute Gasteiger partial charge is 0.0691 e. The molecular weight excluding hydrogens is 282 g/mol. The predicted molar refractivity (Wildman–Crippen MR) is 89.7 cm³/mol. The minimum absolute atomic E-state index is 0.226. The quantitative estimate of drug-likeness (QED) is 0.819. The van der Waals surface area contributed by atoms with Gasteiger partial charge < -0.3 is 10.5 Å². The third kappa shape index (κ3) is 4.29. The molecule has 2 fully saturated rings. The van der Waals surface area contributed by atoms with Crippen molar-refractivity contribution in [3.63, 3.8) is 0 Å². The second kappa shape index (κ2) is 7.56. The summed E-state index contributed by atoms with van der Waals surface area (Å²) in [4.78, 5) is 0. The first kappa shape index (κ1) is 17.4. The molecule has 1 aliphatic heterocycles. The van der Waals surface area contributed by atoms with Crippen LogP contribution in [0.4, 0.5) is 0 Å². The maximum Gasteiger partial charge on any atom is 0.0691 e. The van der Waals surface area contributed by atoms with Gasteiger partial charge in [-0.1, -0.05) is 27.2 Å². The zero-order valence-electron chi connectivity index (χ0n) is 14.0. The van der Waals surface area contributed by atoms with Crippen LogP contribution < -0.4 is 5.73 Å². The van der Waals surface area contributed by atoms with Gasteiger partial charge in [-0.05, 0) is 55.9 Å². The van der Waals surface area contributed by atoms with E-state index < -0.39 is 10.8 Å². The van der Waals surface area contributed by atoms with E-state index in [2.05, 4.69) is 20.8 Å². The van der Waals surface area contributed by atoms with E-state index in [-0.39, 0.29) is 11.4 Å².